The molecule has 3 atom stereocenters. The van der Waals surface area contributed by atoms with Gasteiger partial charge in [-0.3, -0.25) is 0 Å². The van der Waals surface area contributed by atoms with E-state index in [2.05, 4.69) is 38.4 Å². The van der Waals surface area contributed by atoms with Crippen molar-refractivity contribution in [2.24, 2.45) is 0 Å². The number of aliphatic hydroxyl groups is 1. The van der Waals surface area contributed by atoms with E-state index in [4.69, 9.17) is 34.8 Å². The molecule has 3 unspecified atom stereocenters. The van der Waals surface area contributed by atoms with Crippen LogP contribution in [0.15, 0.2) is 22.2 Å². The van der Waals surface area contributed by atoms with Crippen molar-refractivity contribution in [1.82, 2.24) is 0 Å². The van der Waals surface area contributed by atoms with Crippen LogP contribution in [0.1, 0.15) is 13.3 Å². The molecule has 0 spiro atoms. The van der Waals surface area contributed by atoms with Crippen LogP contribution in [0.25, 0.3) is 0 Å². The van der Waals surface area contributed by atoms with Crippen molar-refractivity contribution in [2.75, 3.05) is 5.88 Å². The van der Waals surface area contributed by atoms with Gasteiger partial charge in [0.25, 0.3) is 0 Å². The summed E-state index contributed by atoms with van der Waals surface area (Å²) in [4.78, 5) is 1.54. The van der Waals surface area contributed by atoms with Gasteiger partial charge in [0, 0.05) is 10.9 Å². The number of allylic oxidation sites excluding steroid dienone is 2. The molecule has 0 fully saturated rings. The maximum atomic E-state index is 9.92. The summed E-state index contributed by atoms with van der Waals surface area (Å²) in [6.45, 7) is 5.57. The van der Waals surface area contributed by atoms with Crippen molar-refractivity contribution in [3.63, 3.8) is 0 Å². The number of alkyl halides is 3. The predicted molar refractivity (Wildman–Crippen MR) is 80.3 cm³/mol. The normalized spacial score (nSPS) is 20.1. The Bertz CT molecular complexity index is 279. The fraction of sp³-hybridized carbons (Fsp3) is 0.600. The van der Waals surface area contributed by atoms with E-state index in [1.54, 1.807) is 6.92 Å². The molecule has 0 rings (SSSR count). The first kappa shape index (κ1) is 17.3. The quantitative estimate of drug-likeness (QED) is 0.490. The molecule has 0 saturated heterocycles. The van der Waals surface area contributed by atoms with E-state index in [9.17, 15) is 5.11 Å². The Kier molecular flexibility index (Phi) is 8.26. The molecule has 6 heteroatoms. The lowest BCUT2D eigenvalue weighted by Gasteiger charge is -2.28. The molecule has 94 valence electrons. The second kappa shape index (κ2) is 7.65. The van der Waals surface area contributed by atoms with Crippen LogP contribution in [0.3, 0.4) is 0 Å². The summed E-state index contributed by atoms with van der Waals surface area (Å²) in [5.41, 5.74) is 0.567. The molecule has 1 N–H and O–H groups in total. The Morgan fingerprint density at radius 3 is 2.50 bits per heavy atom. The van der Waals surface area contributed by atoms with Gasteiger partial charge < -0.3 is 5.11 Å². The number of rotatable bonds is 6. The van der Waals surface area contributed by atoms with Crippen LogP contribution in [0.4, 0.5) is 0 Å². The molecule has 16 heavy (non-hydrogen) atoms. The van der Waals surface area contributed by atoms with Gasteiger partial charge in [0.1, 0.15) is 0 Å². The summed E-state index contributed by atoms with van der Waals surface area (Å²) in [5.74, 6) is 0.284. The summed E-state index contributed by atoms with van der Waals surface area (Å²) in [7, 11) is 0. The molecule has 0 aromatic carbocycles. The minimum atomic E-state index is -0.677. The highest BCUT2D eigenvalue weighted by Crippen LogP contribution is 2.31. The summed E-state index contributed by atoms with van der Waals surface area (Å²) in [6.07, 6.45) is -0.351. The molecular formula is C10H13Br2Cl3O. The van der Waals surface area contributed by atoms with Gasteiger partial charge in [-0.1, -0.05) is 50.0 Å². The standard InChI is InChI=1S/C10H13Br2Cl3O/c1-6(8(15)4-11)7(14)3-9(16)10(2,12)5-13/h4,7,9,16H,1,3,5H2,2H3. The van der Waals surface area contributed by atoms with Crippen molar-refractivity contribution in [1.29, 1.82) is 0 Å². The van der Waals surface area contributed by atoms with E-state index >= 15 is 0 Å². The van der Waals surface area contributed by atoms with Crippen LogP contribution in [0.2, 0.25) is 0 Å². The van der Waals surface area contributed by atoms with Crippen LogP contribution in [0.5, 0.6) is 0 Å². The molecule has 0 saturated carbocycles. The Balaban J connectivity index is 4.46. The van der Waals surface area contributed by atoms with Gasteiger partial charge in [0.15, 0.2) is 0 Å². The van der Waals surface area contributed by atoms with Crippen molar-refractivity contribution >= 4 is 66.7 Å². The molecule has 0 aromatic rings. The third kappa shape index (κ3) is 5.28. The highest BCUT2D eigenvalue weighted by molar-refractivity contribution is 9.11. The average Bonchev–Trinajstić information content (AvgIpc) is 2.26. The Morgan fingerprint density at radius 2 is 2.12 bits per heavy atom. The molecule has 0 bridgehead atoms. The first-order valence-corrected chi connectivity index (χ1v) is 7.54. The zero-order chi connectivity index (χ0) is 12.9. The van der Waals surface area contributed by atoms with Crippen molar-refractivity contribution < 1.29 is 5.11 Å². The number of halogens is 5. The van der Waals surface area contributed by atoms with Crippen LogP contribution < -0.4 is 0 Å². The molecule has 1 nitrogen and oxygen atoms in total. The first-order valence-electron chi connectivity index (χ1n) is 4.48. The van der Waals surface area contributed by atoms with Crippen molar-refractivity contribution in [3.8, 4) is 0 Å². The maximum Gasteiger partial charge on any atom is 0.0719 e. The Labute approximate surface area is 128 Å². The molecule has 0 aliphatic carbocycles. The lowest BCUT2D eigenvalue weighted by molar-refractivity contribution is 0.138. The lowest BCUT2D eigenvalue weighted by Crippen LogP contribution is -2.37. The summed E-state index contributed by atoms with van der Waals surface area (Å²) in [5, 5.41) is 9.92. The minimum absolute atomic E-state index is 0.284. The predicted octanol–water partition coefficient (Wildman–Crippen LogP) is 4.77. The van der Waals surface area contributed by atoms with E-state index in [1.807, 2.05) is 0 Å². The topological polar surface area (TPSA) is 20.2 Å². The number of aliphatic hydroxyl groups excluding tert-OH is 1. The largest absolute Gasteiger partial charge is 0.392 e. The van der Waals surface area contributed by atoms with E-state index in [0.29, 0.717) is 17.0 Å². The zero-order valence-electron chi connectivity index (χ0n) is 8.69. The van der Waals surface area contributed by atoms with E-state index in [0.717, 1.165) is 0 Å². The van der Waals surface area contributed by atoms with Gasteiger partial charge in [-0.2, -0.15) is 0 Å². The summed E-state index contributed by atoms with van der Waals surface area (Å²) in [6, 6.07) is 0. The third-order valence-electron chi connectivity index (χ3n) is 2.17. The third-order valence-corrected chi connectivity index (χ3v) is 5.37. The molecule has 0 heterocycles. The van der Waals surface area contributed by atoms with Gasteiger partial charge in [-0.15, -0.1) is 23.2 Å². The van der Waals surface area contributed by atoms with Crippen LogP contribution in [-0.4, -0.2) is 26.8 Å². The van der Waals surface area contributed by atoms with Gasteiger partial charge in [0.05, 0.1) is 20.8 Å². The molecule has 0 aliphatic rings. The van der Waals surface area contributed by atoms with E-state index < -0.39 is 15.8 Å². The van der Waals surface area contributed by atoms with Crippen LogP contribution in [-0.2, 0) is 0 Å². The van der Waals surface area contributed by atoms with Crippen LogP contribution >= 0.6 is 66.7 Å². The smallest absolute Gasteiger partial charge is 0.0719 e. The van der Waals surface area contributed by atoms with E-state index in [-0.39, 0.29) is 5.88 Å². The Morgan fingerprint density at radius 1 is 1.62 bits per heavy atom. The van der Waals surface area contributed by atoms with E-state index in [1.165, 1.54) is 4.99 Å². The van der Waals surface area contributed by atoms with Gasteiger partial charge >= 0.3 is 0 Å². The number of hydrogen-bond acceptors (Lipinski definition) is 1. The molecule has 0 aromatic heterocycles. The average molecular weight is 415 g/mol. The fourth-order valence-electron chi connectivity index (χ4n) is 0.893. The molecule has 0 radical (unpaired) electrons. The number of hydrogen-bond donors (Lipinski definition) is 1. The van der Waals surface area contributed by atoms with Crippen LogP contribution in [0, 0.1) is 0 Å². The van der Waals surface area contributed by atoms with Crippen molar-refractivity contribution in [2.45, 2.75) is 29.1 Å². The molecule has 0 amide bonds. The second-order valence-corrected chi connectivity index (χ2v) is 7.08. The highest BCUT2D eigenvalue weighted by Gasteiger charge is 2.31. The molecule has 0 aliphatic heterocycles. The van der Waals surface area contributed by atoms with Crippen molar-refractivity contribution in [3.05, 3.63) is 22.2 Å². The lowest BCUT2D eigenvalue weighted by atomic mass is 9.99. The summed E-state index contributed by atoms with van der Waals surface area (Å²) >= 11 is 24.1. The van der Waals surface area contributed by atoms with Gasteiger partial charge in [-0.05, 0) is 18.9 Å². The Hall–Kier alpha value is 1.27. The monoisotopic (exact) mass is 412 g/mol. The maximum absolute atomic E-state index is 9.92. The molecular weight excluding hydrogens is 402 g/mol. The fourth-order valence-corrected chi connectivity index (χ4v) is 2.03. The minimum Gasteiger partial charge on any atom is -0.392 e. The van der Waals surface area contributed by atoms with Gasteiger partial charge in [0.2, 0.25) is 0 Å². The summed E-state index contributed by atoms with van der Waals surface area (Å²) < 4.78 is -0.563. The zero-order valence-corrected chi connectivity index (χ0v) is 14.1. The second-order valence-electron chi connectivity index (χ2n) is 3.61. The highest BCUT2D eigenvalue weighted by atomic mass is 79.9. The van der Waals surface area contributed by atoms with Gasteiger partial charge in [-0.25, -0.2) is 0 Å². The SMILES string of the molecule is C=C(C(Cl)=CBr)C(Cl)CC(O)C(C)(Br)CCl. The first-order chi connectivity index (χ1) is 7.26.